The lowest BCUT2D eigenvalue weighted by Gasteiger charge is -2.07. The average Bonchev–Trinajstić information content (AvgIpc) is 2.41. The second-order valence-electron chi connectivity index (χ2n) is 3.89. The highest BCUT2D eigenvalue weighted by atomic mass is 19.2. The van der Waals surface area contributed by atoms with E-state index in [2.05, 4.69) is 5.10 Å². The molecule has 2 rings (SSSR count). The fourth-order valence-electron chi connectivity index (χ4n) is 1.57. The summed E-state index contributed by atoms with van der Waals surface area (Å²) in [5.41, 5.74) is 1.35. The van der Waals surface area contributed by atoms with Gasteiger partial charge in [0.15, 0.2) is 11.6 Å². The van der Waals surface area contributed by atoms with Gasteiger partial charge in [0.25, 0.3) is 0 Å². The number of hydrazone groups is 1. The van der Waals surface area contributed by atoms with E-state index in [1.165, 1.54) is 12.3 Å². The number of benzene rings is 2. The van der Waals surface area contributed by atoms with Crippen molar-refractivity contribution in [3.05, 3.63) is 65.2 Å². The van der Waals surface area contributed by atoms with Gasteiger partial charge in [-0.25, -0.2) is 8.78 Å². The molecule has 0 heterocycles. The molecule has 2 N–H and O–H groups in total. The van der Waals surface area contributed by atoms with Crippen molar-refractivity contribution in [2.75, 3.05) is 0 Å². The number of nitrogens with two attached hydrogens (primary N) is 1. The lowest BCUT2D eigenvalue weighted by molar-refractivity contribution is 0.305. The topological polar surface area (TPSA) is 47.6 Å². The van der Waals surface area contributed by atoms with Gasteiger partial charge in [-0.3, -0.25) is 0 Å². The molecule has 3 nitrogen and oxygen atoms in total. The quantitative estimate of drug-likeness (QED) is 0.523. The molecule has 0 bridgehead atoms. The van der Waals surface area contributed by atoms with Gasteiger partial charge in [-0.05, 0) is 35.4 Å². The Morgan fingerprint density at radius 3 is 2.68 bits per heavy atom. The van der Waals surface area contributed by atoms with Crippen LogP contribution in [0.4, 0.5) is 8.78 Å². The molecule has 0 atom stereocenters. The third-order valence-corrected chi connectivity index (χ3v) is 2.47. The lowest BCUT2D eigenvalue weighted by atomic mass is 10.2. The first-order valence-electron chi connectivity index (χ1n) is 5.59. The molecular weight excluding hydrogens is 250 g/mol. The van der Waals surface area contributed by atoms with Crippen LogP contribution in [0.5, 0.6) is 5.75 Å². The van der Waals surface area contributed by atoms with E-state index >= 15 is 0 Å². The van der Waals surface area contributed by atoms with Gasteiger partial charge in [0, 0.05) is 0 Å². The molecule has 0 aliphatic heterocycles. The van der Waals surface area contributed by atoms with Crippen LogP contribution in [0.2, 0.25) is 0 Å². The van der Waals surface area contributed by atoms with E-state index in [9.17, 15) is 8.78 Å². The van der Waals surface area contributed by atoms with Crippen molar-refractivity contribution >= 4 is 6.21 Å². The van der Waals surface area contributed by atoms with E-state index in [0.717, 1.165) is 17.7 Å². The molecule has 98 valence electrons. The Bertz CT molecular complexity index is 600. The molecule has 0 fully saturated rings. The molecule has 0 aliphatic carbocycles. The zero-order valence-corrected chi connectivity index (χ0v) is 10.0. The summed E-state index contributed by atoms with van der Waals surface area (Å²) in [6.07, 6.45) is 1.49. The molecule has 0 aliphatic rings. The van der Waals surface area contributed by atoms with Crippen LogP contribution in [-0.4, -0.2) is 6.21 Å². The van der Waals surface area contributed by atoms with Gasteiger partial charge in [0.2, 0.25) is 0 Å². The molecule has 0 unspecified atom stereocenters. The summed E-state index contributed by atoms with van der Waals surface area (Å²) >= 11 is 0. The van der Waals surface area contributed by atoms with E-state index in [-0.39, 0.29) is 6.61 Å². The minimum Gasteiger partial charge on any atom is -0.489 e. The molecule has 0 spiro atoms. The van der Waals surface area contributed by atoms with E-state index in [0.29, 0.717) is 11.3 Å². The van der Waals surface area contributed by atoms with Crippen molar-refractivity contribution in [2.24, 2.45) is 10.9 Å². The minimum atomic E-state index is -0.884. The second-order valence-corrected chi connectivity index (χ2v) is 3.89. The Kier molecular flexibility index (Phi) is 4.07. The number of nitrogens with zero attached hydrogens (tertiary/aromatic N) is 1. The van der Waals surface area contributed by atoms with Gasteiger partial charge in [-0.2, -0.15) is 5.10 Å². The summed E-state index contributed by atoms with van der Waals surface area (Å²) in [5, 5.41) is 3.41. The Morgan fingerprint density at radius 2 is 1.95 bits per heavy atom. The van der Waals surface area contributed by atoms with Crippen molar-refractivity contribution in [3.8, 4) is 5.75 Å². The van der Waals surface area contributed by atoms with Gasteiger partial charge in [0.1, 0.15) is 12.4 Å². The molecule has 0 amide bonds. The second kappa shape index (κ2) is 5.95. The third-order valence-electron chi connectivity index (χ3n) is 2.47. The zero-order chi connectivity index (χ0) is 13.7. The van der Waals surface area contributed by atoms with Gasteiger partial charge < -0.3 is 10.6 Å². The normalized spacial score (nSPS) is 10.8. The maximum Gasteiger partial charge on any atom is 0.159 e. The molecule has 0 saturated heterocycles. The number of ether oxygens (including phenoxy) is 1. The van der Waals surface area contributed by atoms with Crippen LogP contribution >= 0.6 is 0 Å². The van der Waals surface area contributed by atoms with Crippen molar-refractivity contribution in [2.45, 2.75) is 6.61 Å². The monoisotopic (exact) mass is 262 g/mol. The van der Waals surface area contributed by atoms with Gasteiger partial charge in [0.05, 0.1) is 6.21 Å². The molecule has 0 radical (unpaired) electrons. The number of hydrogen-bond acceptors (Lipinski definition) is 3. The average molecular weight is 262 g/mol. The molecule has 2 aromatic carbocycles. The van der Waals surface area contributed by atoms with Crippen LogP contribution in [0.15, 0.2) is 47.6 Å². The molecule has 0 saturated carbocycles. The fourth-order valence-corrected chi connectivity index (χ4v) is 1.57. The van der Waals surface area contributed by atoms with Crippen LogP contribution in [0.25, 0.3) is 0 Å². The Balaban J connectivity index is 2.05. The first-order valence-corrected chi connectivity index (χ1v) is 5.59. The summed E-state index contributed by atoms with van der Waals surface area (Å²) in [4.78, 5) is 0. The summed E-state index contributed by atoms with van der Waals surface area (Å²) in [6.45, 7) is 0.153. The Labute approximate surface area is 109 Å². The van der Waals surface area contributed by atoms with Crippen molar-refractivity contribution in [1.82, 2.24) is 0 Å². The fraction of sp³-hybridized carbons (Fsp3) is 0.0714. The van der Waals surface area contributed by atoms with Crippen LogP contribution in [0.3, 0.4) is 0 Å². The Morgan fingerprint density at radius 1 is 1.11 bits per heavy atom. The van der Waals surface area contributed by atoms with Gasteiger partial charge in [-0.1, -0.05) is 18.2 Å². The number of rotatable bonds is 4. The third kappa shape index (κ3) is 3.51. The Hall–Kier alpha value is -2.43. The molecule has 2 aromatic rings. The summed E-state index contributed by atoms with van der Waals surface area (Å²) in [5.74, 6) is 3.90. The van der Waals surface area contributed by atoms with Crippen LogP contribution in [0, 0.1) is 11.6 Å². The summed E-state index contributed by atoms with van der Waals surface area (Å²) in [6, 6.07) is 10.8. The van der Waals surface area contributed by atoms with E-state index in [1.807, 2.05) is 6.07 Å². The smallest absolute Gasteiger partial charge is 0.159 e. The minimum absolute atomic E-state index is 0.153. The highest BCUT2D eigenvalue weighted by Crippen LogP contribution is 2.15. The number of hydrogen-bond donors (Lipinski definition) is 1. The van der Waals surface area contributed by atoms with E-state index in [4.69, 9.17) is 10.6 Å². The largest absolute Gasteiger partial charge is 0.489 e. The van der Waals surface area contributed by atoms with E-state index < -0.39 is 11.6 Å². The van der Waals surface area contributed by atoms with Gasteiger partial charge >= 0.3 is 0 Å². The maximum absolute atomic E-state index is 13.0. The highest BCUT2D eigenvalue weighted by molar-refractivity contribution is 5.79. The molecule has 5 heteroatoms. The van der Waals surface area contributed by atoms with Crippen molar-refractivity contribution in [3.63, 3.8) is 0 Å². The highest BCUT2D eigenvalue weighted by Gasteiger charge is 2.03. The molecule has 19 heavy (non-hydrogen) atoms. The van der Waals surface area contributed by atoms with Gasteiger partial charge in [-0.15, -0.1) is 0 Å². The summed E-state index contributed by atoms with van der Waals surface area (Å²) in [7, 11) is 0. The van der Waals surface area contributed by atoms with Crippen molar-refractivity contribution < 1.29 is 13.5 Å². The first kappa shape index (κ1) is 13.0. The maximum atomic E-state index is 13.0. The van der Waals surface area contributed by atoms with E-state index in [1.54, 1.807) is 18.2 Å². The van der Waals surface area contributed by atoms with Crippen LogP contribution in [0.1, 0.15) is 11.1 Å². The van der Waals surface area contributed by atoms with Crippen molar-refractivity contribution in [1.29, 1.82) is 0 Å². The zero-order valence-electron chi connectivity index (χ0n) is 10.0. The van der Waals surface area contributed by atoms with Crippen LogP contribution in [-0.2, 0) is 6.61 Å². The lowest BCUT2D eigenvalue weighted by Crippen LogP contribution is -1.97. The molecule has 0 aromatic heterocycles. The summed E-state index contributed by atoms with van der Waals surface area (Å²) < 4.78 is 31.2. The predicted octanol–water partition coefficient (Wildman–Crippen LogP) is 2.84. The SMILES string of the molecule is NN=Cc1cccc(OCc2ccc(F)c(F)c2)c1. The standard InChI is InChI=1S/C14H12F2N2O/c15-13-5-4-11(7-14(13)16)9-19-12-3-1-2-10(6-12)8-18-17/h1-8H,9,17H2. The predicted molar refractivity (Wildman–Crippen MR) is 68.9 cm³/mol. The first-order chi connectivity index (χ1) is 9.19. The number of halogens is 2. The molecular formula is C14H12F2N2O. The van der Waals surface area contributed by atoms with Crippen LogP contribution < -0.4 is 10.6 Å².